The highest BCUT2D eigenvalue weighted by Crippen LogP contribution is 2.20. The number of anilines is 1. The maximum atomic E-state index is 11.9. The molecule has 0 saturated heterocycles. The molecular weight excluding hydrogens is 238 g/mol. The molecule has 1 heterocycles. The van der Waals surface area contributed by atoms with Gasteiger partial charge in [0.2, 0.25) is 5.91 Å². The fourth-order valence-electron chi connectivity index (χ4n) is 1.83. The third-order valence-corrected chi connectivity index (χ3v) is 2.59. The fraction of sp³-hybridized carbons (Fsp3) is 0.333. The Kier molecular flexibility index (Phi) is 3.69. The van der Waals surface area contributed by atoms with Gasteiger partial charge in [-0.3, -0.25) is 4.79 Å². The molecule has 1 aromatic carbocycles. The molecule has 19 heavy (non-hydrogen) atoms. The van der Waals surface area contributed by atoms with Crippen LogP contribution < -0.4 is 5.32 Å². The molecule has 0 fully saturated rings. The van der Waals surface area contributed by atoms with E-state index in [4.69, 9.17) is 0 Å². The normalized spacial score (nSPS) is 11.3. The van der Waals surface area contributed by atoms with Gasteiger partial charge in [0.25, 0.3) is 0 Å². The predicted octanol–water partition coefficient (Wildman–Crippen LogP) is 3.25. The summed E-state index contributed by atoms with van der Waals surface area (Å²) in [7, 11) is 0. The molecule has 0 bridgehead atoms. The first kappa shape index (κ1) is 13.3. The Hall–Kier alpha value is -2.10. The lowest BCUT2D eigenvalue weighted by atomic mass is 9.92. The van der Waals surface area contributed by atoms with Crippen LogP contribution >= 0.6 is 0 Å². The molecule has 4 heteroatoms. The molecule has 0 unspecified atom stereocenters. The Morgan fingerprint density at radius 2 is 2.11 bits per heavy atom. The molecule has 4 nitrogen and oxygen atoms in total. The van der Waals surface area contributed by atoms with Gasteiger partial charge in [-0.1, -0.05) is 26.8 Å². The number of carbonyl (C=O) groups is 1. The first-order chi connectivity index (χ1) is 8.94. The molecule has 100 valence electrons. The summed E-state index contributed by atoms with van der Waals surface area (Å²) in [5, 5.41) is 7.09. The van der Waals surface area contributed by atoms with Crippen LogP contribution in [0.5, 0.6) is 0 Å². The van der Waals surface area contributed by atoms with Crippen molar-refractivity contribution in [2.45, 2.75) is 27.2 Å². The molecule has 0 aliphatic heterocycles. The third-order valence-electron chi connectivity index (χ3n) is 2.59. The van der Waals surface area contributed by atoms with E-state index in [1.165, 1.54) is 0 Å². The fourth-order valence-corrected chi connectivity index (χ4v) is 1.83. The van der Waals surface area contributed by atoms with Gasteiger partial charge in [0.15, 0.2) is 0 Å². The van der Waals surface area contributed by atoms with E-state index in [0.717, 1.165) is 11.4 Å². The first-order valence-corrected chi connectivity index (χ1v) is 6.34. The first-order valence-electron chi connectivity index (χ1n) is 6.34. The van der Waals surface area contributed by atoms with Crippen molar-refractivity contribution in [1.29, 1.82) is 0 Å². The summed E-state index contributed by atoms with van der Waals surface area (Å²) in [4.78, 5) is 11.9. The molecule has 1 N–H and O–H groups in total. The minimum absolute atomic E-state index is 0.0102. The maximum Gasteiger partial charge on any atom is 0.224 e. The monoisotopic (exact) mass is 257 g/mol. The molecule has 0 atom stereocenters. The lowest BCUT2D eigenvalue weighted by Crippen LogP contribution is -2.19. The number of nitrogens with zero attached hydrogens (tertiary/aromatic N) is 2. The lowest BCUT2D eigenvalue weighted by molar-refractivity contribution is -0.117. The van der Waals surface area contributed by atoms with Crippen LogP contribution in [0.25, 0.3) is 5.69 Å². The highest BCUT2D eigenvalue weighted by molar-refractivity contribution is 5.91. The highest BCUT2D eigenvalue weighted by atomic mass is 16.1. The van der Waals surface area contributed by atoms with Gasteiger partial charge in [-0.15, -0.1) is 0 Å². The van der Waals surface area contributed by atoms with Crippen molar-refractivity contribution in [3.05, 3.63) is 42.7 Å². The number of nitrogens with one attached hydrogen (secondary N) is 1. The van der Waals surface area contributed by atoms with E-state index >= 15 is 0 Å². The van der Waals surface area contributed by atoms with Crippen LogP contribution in [-0.2, 0) is 4.79 Å². The van der Waals surface area contributed by atoms with Crippen LogP contribution in [0.4, 0.5) is 5.69 Å². The van der Waals surface area contributed by atoms with Crippen LogP contribution in [-0.4, -0.2) is 15.7 Å². The Labute approximate surface area is 113 Å². The van der Waals surface area contributed by atoms with Crippen molar-refractivity contribution in [2.24, 2.45) is 5.41 Å². The Balaban J connectivity index is 2.10. The van der Waals surface area contributed by atoms with Gasteiger partial charge in [0.1, 0.15) is 0 Å². The number of aromatic nitrogens is 2. The van der Waals surface area contributed by atoms with E-state index in [0.29, 0.717) is 6.42 Å². The van der Waals surface area contributed by atoms with Crippen LogP contribution in [0.1, 0.15) is 27.2 Å². The summed E-state index contributed by atoms with van der Waals surface area (Å²) in [6.07, 6.45) is 4.10. The molecule has 0 aliphatic carbocycles. The lowest BCUT2D eigenvalue weighted by Gasteiger charge is -2.17. The second-order valence-electron chi connectivity index (χ2n) is 5.79. The number of hydrogen-bond acceptors (Lipinski definition) is 2. The van der Waals surface area contributed by atoms with E-state index in [9.17, 15) is 4.79 Å². The zero-order valence-corrected chi connectivity index (χ0v) is 11.6. The van der Waals surface area contributed by atoms with Gasteiger partial charge >= 0.3 is 0 Å². The molecule has 0 aliphatic rings. The predicted molar refractivity (Wildman–Crippen MR) is 76.3 cm³/mol. The van der Waals surface area contributed by atoms with Crippen molar-refractivity contribution in [1.82, 2.24) is 9.78 Å². The Morgan fingerprint density at radius 1 is 1.32 bits per heavy atom. The molecule has 1 aromatic heterocycles. The minimum Gasteiger partial charge on any atom is -0.326 e. The van der Waals surface area contributed by atoms with Crippen molar-refractivity contribution < 1.29 is 4.79 Å². The molecule has 0 saturated carbocycles. The Morgan fingerprint density at radius 3 is 2.74 bits per heavy atom. The summed E-state index contributed by atoms with van der Waals surface area (Å²) in [6, 6.07) is 9.52. The molecule has 0 spiro atoms. The van der Waals surface area contributed by atoms with Crippen LogP contribution in [0.2, 0.25) is 0 Å². The average Bonchev–Trinajstić information content (AvgIpc) is 2.79. The number of rotatable bonds is 3. The molecule has 2 aromatic rings. The molecule has 0 radical (unpaired) electrons. The van der Waals surface area contributed by atoms with Crippen LogP contribution in [0.15, 0.2) is 42.7 Å². The van der Waals surface area contributed by atoms with E-state index in [1.54, 1.807) is 10.9 Å². The van der Waals surface area contributed by atoms with E-state index in [-0.39, 0.29) is 11.3 Å². The topological polar surface area (TPSA) is 46.9 Å². The van der Waals surface area contributed by atoms with Crippen molar-refractivity contribution in [2.75, 3.05) is 5.32 Å². The SMILES string of the molecule is CC(C)(C)CC(=O)Nc1cccc(-n2cccn2)c1. The number of hydrogen-bond donors (Lipinski definition) is 1. The Bertz CT molecular complexity index is 553. The molecular formula is C15H19N3O. The van der Waals surface area contributed by atoms with Gasteiger partial charge < -0.3 is 5.32 Å². The number of carbonyl (C=O) groups excluding carboxylic acids is 1. The largest absolute Gasteiger partial charge is 0.326 e. The molecule has 1 amide bonds. The standard InChI is InChI=1S/C15H19N3O/c1-15(2,3)11-14(19)17-12-6-4-7-13(10-12)18-9-5-8-16-18/h4-10H,11H2,1-3H3,(H,17,19). The summed E-state index contributed by atoms with van der Waals surface area (Å²) < 4.78 is 1.76. The quantitative estimate of drug-likeness (QED) is 0.917. The van der Waals surface area contributed by atoms with Gasteiger partial charge in [-0.05, 0) is 29.7 Å². The highest BCUT2D eigenvalue weighted by Gasteiger charge is 2.15. The minimum atomic E-state index is -0.0102. The smallest absolute Gasteiger partial charge is 0.224 e. The van der Waals surface area contributed by atoms with Gasteiger partial charge in [0, 0.05) is 24.5 Å². The summed E-state index contributed by atoms with van der Waals surface area (Å²) in [5.41, 5.74) is 1.71. The van der Waals surface area contributed by atoms with Gasteiger partial charge in [-0.2, -0.15) is 5.10 Å². The van der Waals surface area contributed by atoms with E-state index in [1.807, 2.05) is 57.3 Å². The van der Waals surface area contributed by atoms with Crippen molar-refractivity contribution in [3.8, 4) is 5.69 Å². The van der Waals surface area contributed by atoms with E-state index < -0.39 is 0 Å². The zero-order valence-electron chi connectivity index (χ0n) is 11.6. The number of benzene rings is 1. The van der Waals surface area contributed by atoms with Gasteiger partial charge in [-0.25, -0.2) is 4.68 Å². The maximum absolute atomic E-state index is 11.9. The molecule has 2 rings (SSSR count). The van der Waals surface area contributed by atoms with Crippen LogP contribution in [0, 0.1) is 5.41 Å². The number of amides is 1. The second-order valence-corrected chi connectivity index (χ2v) is 5.79. The zero-order chi connectivity index (χ0) is 13.9. The van der Waals surface area contributed by atoms with Crippen LogP contribution in [0.3, 0.4) is 0 Å². The summed E-state index contributed by atoms with van der Waals surface area (Å²) in [5.74, 6) is 0.0325. The van der Waals surface area contributed by atoms with E-state index in [2.05, 4.69) is 10.4 Å². The van der Waals surface area contributed by atoms with Crippen molar-refractivity contribution >= 4 is 11.6 Å². The second kappa shape index (κ2) is 5.26. The summed E-state index contributed by atoms with van der Waals surface area (Å²) in [6.45, 7) is 6.15. The van der Waals surface area contributed by atoms with Crippen molar-refractivity contribution in [3.63, 3.8) is 0 Å². The third kappa shape index (κ3) is 3.95. The summed E-state index contributed by atoms with van der Waals surface area (Å²) >= 11 is 0. The van der Waals surface area contributed by atoms with Gasteiger partial charge in [0.05, 0.1) is 5.69 Å². The average molecular weight is 257 g/mol.